The molecule has 1 N–H and O–H groups in total. The number of halogens is 4. The van der Waals surface area contributed by atoms with E-state index in [0.717, 1.165) is 12.1 Å². The second-order valence-corrected chi connectivity index (χ2v) is 7.86. The van der Waals surface area contributed by atoms with Crippen molar-refractivity contribution in [3.8, 4) is 22.8 Å². The molecular weight excluding hydrogens is 469 g/mol. The summed E-state index contributed by atoms with van der Waals surface area (Å²) in [7, 11) is 0. The standard InChI is InChI=1S/C24H14ClF3N4O2/c25-16-10-12-18(13-11-16)31-20(14-6-8-15(9-7-14)24(26,27)28)30-21-19(22(31)33)29-23(34)32(21)17-4-2-1-3-5-17/h1-13H,(H,29,34). The molecule has 5 rings (SSSR count). The van der Waals surface area contributed by atoms with Gasteiger partial charge in [0.15, 0.2) is 11.2 Å². The van der Waals surface area contributed by atoms with Gasteiger partial charge in [0.05, 0.1) is 16.9 Å². The summed E-state index contributed by atoms with van der Waals surface area (Å²) in [5.41, 5.74) is -0.858. The zero-order chi connectivity index (χ0) is 24.0. The van der Waals surface area contributed by atoms with E-state index in [1.807, 2.05) is 0 Å². The predicted octanol–water partition coefficient (Wildman–Crippen LogP) is 5.20. The summed E-state index contributed by atoms with van der Waals surface area (Å²) in [6, 6.07) is 19.2. The molecule has 0 bridgehead atoms. The number of para-hydroxylation sites is 1. The quantitative estimate of drug-likeness (QED) is 0.384. The van der Waals surface area contributed by atoms with Crippen LogP contribution in [-0.4, -0.2) is 19.1 Å². The summed E-state index contributed by atoms with van der Waals surface area (Å²) in [6.45, 7) is 0. The molecule has 0 saturated carbocycles. The SMILES string of the molecule is O=c1c2[nH]c(=O)n(-c3ccccc3)c2nc(-c2ccc(C(F)(F)F)cc2)n1-c1ccc(Cl)cc1. The lowest BCUT2D eigenvalue weighted by atomic mass is 10.1. The highest BCUT2D eigenvalue weighted by molar-refractivity contribution is 6.30. The maximum Gasteiger partial charge on any atom is 0.416 e. The molecule has 0 fully saturated rings. The van der Waals surface area contributed by atoms with Crippen molar-refractivity contribution in [3.63, 3.8) is 0 Å². The summed E-state index contributed by atoms with van der Waals surface area (Å²) in [5.74, 6) is 0.0669. The highest BCUT2D eigenvalue weighted by Crippen LogP contribution is 2.31. The molecule has 0 aliphatic rings. The Morgan fingerprint density at radius 2 is 1.41 bits per heavy atom. The van der Waals surface area contributed by atoms with Crippen molar-refractivity contribution < 1.29 is 13.2 Å². The van der Waals surface area contributed by atoms with Crippen LogP contribution in [0.25, 0.3) is 33.9 Å². The minimum Gasteiger partial charge on any atom is -0.299 e. The Bertz CT molecular complexity index is 1620. The van der Waals surface area contributed by atoms with Gasteiger partial charge in [0.1, 0.15) is 5.82 Å². The van der Waals surface area contributed by atoms with E-state index in [9.17, 15) is 22.8 Å². The molecule has 170 valence electrons. The molecule has 3 aromatic carbocycles. The van der Waals surface area contributed by atoms with Gasteiger partial charge in [-0.25, -0.2) is 14.3 Å². The minimum absolute atomic E-state index is 0.0422. The zero-order valence-electron chi connectivity index (χ0n) is 17.2. The fourth-order valence-corrected chi connectivity index (χ4v) is 3.81. The zero-order valence-corrected chi connectivity index (χ0v) is 17.9. The van der Waals surface area contributed by atoms with Crippen molar-refractivity contribution in [1.29, 1.82) is 0 Å². The molecule has 10 heteroatoms. The Kier molecular flexibility index (Phi) is 5.13. The number of imidazole rings is 1. The van der Waals surface area contributed by atoms with Gasteiger partial charge in [0, 0.05) is 10.6 Å². The van der Waals surface area contributed by atoms with Crippen LogP contribution in [0.5, 0.6) is 0 Å². The van der Waals surface area contributed by atoms with E-state index in [-0.39, 0.29) is 22.6 Å². The summed E-state index contributed by atoms with van der Waals surface area (Å²) in [4.78, 5) is 33.5. The van der Waals surface area contributed by atoms with E-state index in [4.69, 9.17) is 11.6 Å². The number of nitrogens with one attached hydrogen (secondary N) is 1. The lowest BCUT2D eigenvalue weighted by Crippen LogP contribution is -2.22. The average molecular weight is 483 g/mol. The normalized spacial score (nSPS) is 11.8. The van der Waals surface area contributed by atoms with E-state index in [1.54, 1.807) is 54.6 Å². The maximum atomic E-state index is 13.6. The summed E-state index contributed by atoms with van der Waals surface area (Å²) >= 11 is 5.98. The van der Waals surface area contributed by atoms with Gasteiger partial charge in [0.25, 0.3) is 5.56 Å². The van der Waals surface area contributed by atoms with Gasteiger partial charge in [-0.15, -0.1) is 0 Å². The van der Waals surface area contributed by atoms with Crippen LogP contribution in [0.15, 0.2) is 88.5 Å². The smallest absolute Gasteiger partial charge is 0.299 e. The van der Waals surface area contributed by atoms with Crippen LogP contribution < -0.4 is 11.2 Å². The Morgan fingerprint density at radius 3 is 2.03 bits per heavy atom. The second-order valence-electron chi connectivity index (χ2n) is 7.43. The van der Waals surface area contributed by atoms with E-state index >= 15 is 0 Å². The maximum absolute atomic E-state index is 13.6. The molecule has 0 unspecified atom stereocenters. The van der Waals surface area contributed by atoms with E-state index in [1.165, 1.54) is 21.3 Å². The Balaban J connectivity index is 1.84. The molecular formula is C24H14ClF3N4O2. The van der Waals surface area contributed by atoms with Gasteiger partial charge in [-0.3, -0.25) is 14.3 Å². The monoisotopic (exact) mass is 482 g/mol. The van der Waals surface area contributed by atoms with E-state index in [2.05, 4.69) is 9.97 Å². The van der Waals surface area contributed by atoms with Crippen LogP contribution in [-0.2, 0) is 6.18 Å². The van der Waals surface area contributed by atoms with Crippen LogP contribution >= 0.6 is 11.6 Å². The second kappa shape index (κ2) is 8.03. The first-order valence-electron chi connectivity index (χ1n) is 10.0. The summed E-state index contributed by atoms with van der Waals surface area (Å²) < 4.78 is 41.8. The number of alkyl halides is 3. The van der Waals surface area contributed by atoms with Gasteiger partial charge in [-0.1, -0.05) is 41.9 Å². The number of aromatic amines is 1. The van der Waals surface area contributed by atoms with Gasteiger partial charge < -0.3 is 0 Å². The Hall–Kier alpha value is -4.11. The van der Waals surface area contributed by atoms with Crippen molar-refractivity contribution in [2.24, 2.45) is 0 Å². The molecule has 5 aromatic rings. The molecule has 0 radical (unpaired) electrons. The molecule has 0 aliphatic heterocycles. The molecule has 0 spiro atoms. The number of hydrogen-bond donors (Lipinski definition) is 1. The highest BCUT2D eigenvalue weighted by Gasteiger charge is 2.30. The van der Waals surface area contributed by atoms with Crippen molar-refractivity contribution in [1.82, 2.24) is 19.1 Å². The molecule has 34 heavy (non-hydrogen) atoms. The van der Waals surface area contributed by atoms with E-state index in [0.29, 0.717) is 16.4 Å². The topological polar surface area (TPSA) is 72.7 Å². The number of aromatic nitrogens is 4. The van der Waals surface area contributed by atoms with Crippen molar-refractivity contribution >= 4 is 22.8 Å². The van der Waals surface area contributed by atoms with Gasteiger partial charge in [-0.2, -0.15) is 13.2 Å². The van der Waals surface area contributed by atoms with Crippen molar-refractivity contribution in [2.45, 2.75) is 6.18 Å². The number of hydrogen-bond acceptors (Lipinski definition) is 3. The Labute approximate surface area is 194 Å². The van der Waals surface area contributed by atoms with Gasteiger partial charge >= 0.3 is 11.9 Å². The predicted molar refractivity (Wildman–Crippen MR) is 123 cm³/mol. The van der Waals surface area contributed by atoms with Crippen molar-refractivity contribution in [2.75, 3.05) is 0 Å². The summed E-state index contributed by atoms with van der Waals surface area (Å²) in [5, 5.41) is 0.436. The first-order chi connectivity index (χ1) is 16.2. The number of fused-ring (bicyclic) bond motifs is 1. The van der Waals surface area contributed by atoms with Crippen LogP contribution in [0.4, 0.5) is 13.2 Å². The molecule has 6 nitrogen and oxygen atoms in total. The fraction of sp³-hybridized carbons (Fsp3) is 0.0417. The number of nitrogens with zero attached hydrogens (tertiary/aromatic N) is 3. The Morgan fingerprint density at radius 1 is 0.794 bits per heavy atom. The highest BCUT2D eigenvalue weighted by atomic mass is 35.5. The third-order valence-electron chi connectivity index (χ3n) is 5.28. The molecule has 0 aliphatic carbocycles. The largest absolute Gasteiger partial charge is 0.416 e. The molecule has 0 amide bonds. The molecule has 2 aromatic heterocycles. The van der Waals surface area contributed by atoms with Gasteiger partial charge in [-0.05, 0) is 48.5 Å². The average Bonchev–Trinajstić information content (AvgIpc) is 3.16. The third kappa shape index (κ3) is 3.69. The summed E-state index contributed by atoms with van der Waals surface area (Å²) in [6.07, 6.45) is -4.51. The third-order valence-corrected chi connectivity index (χ3v) is 5.53. The lowest BCUT2D eigenvalue weighted by Gasteiger charge is -2.14. The number of benzene rings is 3. The fourth-order valence-electron chi connectivity index (χ4n) is 3.69. The van der Waals surface area contributed by atoms with Crippen LogP contribution in [0.1, 0.15) is 5.56 Å². The lowest BCUT2D eigenvalue weighted by molar-refractivity contribution is -0.137. The van der Waals surface area contributed by atoms with Crippen LogP contribution in [0.3, 0.4) is 0 Å². The van der Waals surface area contributed by atoms with E-state index < -0.39 is 23.0 Å². The number of rotatable bonds is 3. The van der Waals surface area contributed by atoms with Gasteiger partial charge in [0.2, 0.25) is 0 Å². The van der Waals surface area contributed by atoms with Crippen LogP contribution in [0, 0.1) is 0 Å². The minimum atomic E-state index is -4.51. The molecule has 0 atom stereocenters. The first-order valence-corrected chi connectivity index (χ1v) is 10.4. The molecule has 0 saturated heterocycles. The number of H-pyrrole nitrogens is 1. The van der Waals surface area contributed by atoms with Crippen molar-refractivity contribution in [3.05, 3.63) is 110 Å². The molecule has 2 heterocycles. The van der Waals surface area contributed by atoms with Crippen LogP contribution in [0.2, 0.25) is 5.02 Å². The first kappa shape index (κ1) is 21.7.